The number of allylic oxidation sites excluding steroid dienone is 1. The van der Waals surface area contributed by atoms with Crippen LogP contribution in [0.4, 0.5) is 5.69 Å². The molecule has 0 spiro atoms. The van der Waals surface area contributed by atoms with Crippen LogP contribution in [0.15, 0.2) is 90.1 Å². The average molecular weight is 841 g/mol. The van der Waals surface area contributed by atoms with E-state index in [1.807, 2.05) is 23.9 Å². The molecule has 0 bridgehead atoms. The zero-order valence-corrected chi connectivity index (χ0v) is 35.1. The average Bonchev–Trinajstić information content (AvgIpc) is 3.78. The normalized spacial score (nSPS) is 25.1. The summed E-state index contributed by atoms with van der Waals surface area (Å²) in [5.74, 6) is 1.00. The quantitative estimate of drug-likeness (QED) is 0.0346. The molecule has 4 aliphatic rings. The Morgan fingerprint density at radius 3 is 2.43 bits per heavy atom. The summed E-state index contributed by atoms with van der Waals surface area (Å²) >= 11 is 1.93. The van der Waals surface area contributed by atoms with Gasteiger partial charge in [0.15, 0.2) is 6.29 Å². The maximum absolute atomic E-state index is 11.9. The Hall–Kier alpha value is -4.69. The van der Waals surface area contributed by atoms with Crippen LogP contribution in [-0.4, -0.2) is 70.4 Å². The third-order valence-corrected chi connectivity index (χ3v) is 14.1. The highest BCUT2D eigenvalue weighted by Crippen LogP contribution is 2.63. The number of nitro groups is 1. The van der Waals surface area contributed by atoms with Crippen LogP contribution in [0, 0.1) is 27.9 Å². The monoisotopic (exact) mass is 840 g/mol. The molecule has 0 amide bonds. The van der Waals surface area contributed by atoms with Crippen molar-refractivity contribution in [3.63, 3.8) is 0 Å². The minimum atomic E-state index is -1.08. The number of non-ortho nitro benzene ring substituents is 1. The van der Waals surface area contributed by atoms with Gasteiger partial charge in [-0.3, -0.25) is 14.9 Å². The number of nitro benzene ring substituents is 1. The fourth-order valence-corrected chi connectivity index (χ4v) is 11.4. The summed E-state index contributed by atoms with van der Waals surface area (Å²) < 4.78 is 26.2. The number of carbonyl (C=O) groups is 1. The van der Waals surface area contributed by atoms with Crippen molar-refractivity contribution in [2.75, 3.05) is 26.9 Å². The van der Waals surface area contributed by atoms with Crippen LogP contribution in [0.1, 0.15) is 98.0 Å². The van der Waals surface area contributed by atoms with Gasteiger partial charge >= 0.3 is 0 Å². The summed E-state index contributed by atoms with van der Waals surface area (Å²) in [6.07, 6.45) is 14.7. The van der Waals surface area contributed by atoms with E-state index in [0.717, 1.165) is 73.0 Å². The molecule has 2 saturated carbocycles. The van der Waals surface area contributed by atoms with E-state index >= 15 is 0 Å². The number of ether oxygens (including phenoxy) is 4. The van der Waals surface area contributed by atoms with E-state index in [0.29, 0.717) is 47.3 Å². The summed E-state index contributed by atoms with van der Waals surface area (Å²) in [6, 6.07) is 17.4. The largest absolute Gasteiger partial charge is 0.496 e. The van der Waals surface area contributed by atoms with Gasteiger partial charge in [0.25, 0.3) is 5.69 Å². The third-order valence-electron chi connectivity index (χ3n) is 12.4. The summed E-state index contributed by atoms with van der Waals surface area (Å²) in [5, 5.41) is 36.3. The first-order valence-electron chi connectivity index (χ1n) is 21.2. The van der Waals surface area contributed by atoms with Crippen LogP contribution in [0.2, 0.25) is 0 Å². The molecule has 3 aromatic carbocycles. The molecular weight excluding hydrogens is 785 g/mol. The lowest BCUT2D eigenvalue weighted by Crippen LogP contribution is -2.64. The number of hydrogen-bond donors (Lipinski definition) is 2. The van der Waals surface area contributed by atoms with Crippen LogP contribution in [0.5, 0.6) is 23.0 Å². The van der Waals surface area contributed by atoms with Gasteiger partial charge < -0.3 is 34.0 Å². The Kier molecular flexibility index (Phi) is 14.6. The molecule has 60 heavy (non-hydrogen) atoms. The molecule has 0 radical (unpaired) electrons. The Labute approximate surface area is 356 Å². The standard InChI is InChI=1S/C47H56N2O10S/c1-3-24-56-47-44(60-37-11-4-5-12-37)28-41(48-57-30-31-14-16-34(17-15-31)49(53)54)39-26-32(10-6-8-22-50)38(13-7-9-23-51)45(46(39)47)40-27-36(19-21-43(40)59-47)58-35-18-20-42(55-2)33(25-35)29-52/h3,14-21,25-27,29,32,37-38,44-46,50-51H,1,4-13,22-24,28,30H2,2H3. The molecule has 1 aliphatic heterocycles. The summed E-state index contributed by atoms with van der Waals surface area (Å²) in [6.45, 7) is 4.68. The van der Waals surface area contributed by atoms with Crippen molar-refractivity contribution >= 4 is 29.4 Å². The number of methoxy groups -OCH3 is 1. The fraction of sp³-hybridized carbons (Fsp3) is 0.489. The van der Waals surface area contributed by atoms with E-state index in [-0.39, 0.29) is 61.0 Å². The van der Waals surface area contributed by atoms with E-state index in [1.54, 1.807) is 36.4 Å². The number of carbonyl (C=O) groups excluding carboxylic acids is 1. The zero-order valence-electron chi connectivity index (χ0n) is 34.2. The Balaban J connectivity index is 1.36. The molecule has 3 aliphatic carbocycles. The first-order chi connectivity index (χ1) is 29.3. The second-order valence-electron chi connectivity index (χ2n) is 16.1. The lowest BCUT2D eigenvalue weighted by Gasteiger charge is -2.58. The molecule has 0 aromatic heterocycles. The van der Waals surface area contributed by atoms with Gasteiger partial charge in [0, 0.05) is 48.5 Å². The van der Waals surface area contributed by atoms with Gasteiger partial charge in [-0.15, -0.1) is 18.3 Å². The van der Waals surface area contributed by atoms with Gasteiger partial charge in [0.1, 0.15) is 29.6 Å². The van der Waals surface area contributed by atoms with E-state index in [9.17, 15) is 25.1 Å². The summed E-state index contributed by atoms with van der Waals surface area (Å²) in [4.78, 5) is 28.9. The van der Waals surface area contributed by atoms with Gasteiger partial charge in [0.05, 0.1) is 41.1 Å². The Morgan fingerprint density at radius 1 is 1.00 bits per heavy atom. The van der Waals surface area contributed by atoms with Crippen molar-refractivity contribution in [3.8, 4) is 23.0 Å². The molecule has 1 heterocycles. The van der Waals surface area contributed by atoms with Gasteiger partial charge in [-0.25, -0.2) is 0 Å². The molecule has 13 heteroatoms. The van der Waals surface area contributed by atoms with Gasteiger partial charge in [-0.2, -0.15) is 0 Å². The van der Waals surface area contributed by atoms with Crippen molar-refractivity contribution in [1.29, 1.82) is 0 Å². The first kappa shape index (κ1) is 43.4. The molecule has 2 fully saturated rings. The van der Waals surface area contributed by atoms with E-state index < -0.39 is 10.7 Å². The zero-order chi connectivity index (χ0) is 42.1. The second kappa shape index (κ2) is 20.2. The second-order valence-corrected chi connectivity index (χ2v) is 17.6. The number of hydrogen-bond acceptors (Lipinski definition) is 12. The van der Waals surface area contributed by atoms with Crippen LogP contribution < -0.4 is 14.2 Å². The molecule has 0 saturated heterocycles. The summed E-state index contributed by atoms with van der Waals surface area (Å²) in [5.41, 5.74) is 4.00. The van der Waals surface area contributed by atoms with Crippen LogP contribution >= 0.6 is 11.8 Å². The molecule has 12 nitrogen and oxygen atoms in total. The highest BCUT2D eigenvalue weighted by Gasteiger charge is 2.64. The minimum absolute atomic E-state index is 0.0139. The van der Waals surface area contributed by atoms with Crippen LogP contribution in [0.3, 0.4) is 0 Å². The highest BCUT2D eigenvalue weighted by molar-refractivity contribution is 8.00. The van der Waals surface area contributed by atoms with Gasteiger partial charge in [-0.05, 0) is 110 Å². The van der Waals surface area contributed by atoms with Crippen LogP contribution in [0.25, 0.3) is 0 Å². The third kappa shape index (κ3) is 9.44. The number of oxime groups is 1. The van der Waals surface area contributed by atoms with Crippen LogP contribution in [-0.2, 0) is 16.2 Å². The molecule has 6 atom stereocenters. The topological polar surface area (TPSA) is 159 Å². The maximum atomic E-state index is 11.9. The van der Waals surface area contributed by atoms with Crippen molar-refractivity contribution in [1.82, 2.24) is 0 Å². The molecule has 6 unspecified atom stereocenters. The Bertz CT molecular complexity index is 2030. The van der Waals surface area contributed by atoms with E-state index in [4.69, 9.17) is 28.9 Å². The number of unbranched alkanes of at least 4 members (excludes halogenated alkanes) is 2. The van der Waals surface area contributed by atoms with E-state index in [2.05, 4.69) is 18.7 Å². The Morgan fingerprint density at radius 2 is 1.73 bits per heavy atom. The number of aliphatic hydroxyl groups is 2. The number of rotatable bonds is 21. The van der Waals surface area contributed by atoms with Crippen molar-refractivity contribution < 1.29 is 43.7 Å². The number of fused-ring (bicyclic) bond motifs is 2. The first-order valence-corrected chi connectivity index (χ1v) is 22.2. The number of aldehydes is 1. The van der Waals surface area contributed by atoms with Crippen molar-refractivity contribution in [2.24, 2.45) is 22.9 Å². The van der Waals surface area contributed by atoms with Crippen molar-refractivity contribution in [3.05, 3.63) is 112 Å². The van der Waals surface area contributed by atoms with Gasteiger partial charge in [-0.1, -0.05) is 43.0 Å². The van der Waals surface area contributed by atoms with Crippen molar-refractivity contribution in [2.45, 2.75) is 99.4 Å². The highest BCUT2D eigenvalue weighted by atomic mass is 32.2. The summed E-state index contributed by atoms with van der Waals surface area (Å²) in [7, 11) is 1.52. The lowest BCUT2D eigenvalue weighted by atomic mass is 9.56. The van der Waals surface area contributed by atoms with E-state index in [1.165, 1.54) is 32.1 Å². The molecule has 320 valence electrons. The predicted octanol–water partition coefficient (Wildman–Crippen LogP) is 9.72. The molecular formula is C47H56N2O10S. The lowest BCUT2D eigenvalue weighted by molar-refractivity contribution is -0.384. The molecule has 2 N–H and O–H groups in total. The van der Waals surface area contributed by atoms with Gasteiger partial charge in [0.2, 0.25) is 5.79 Å². The number of benzene rings is 3. The maximum Gasteiger partial charge on any atom is 0.269 e. The number of aliphatic hydroxyl groups excluding tert-OH is 2. The minimum Gasteiger partial charge on any atom is -0.496 e. The SMILES string of the molecule is C=CCOC12Oc3ccc(Oc4ccc(OC)c(C=O)c4)cc3C3C(CCCCO)C(CCCCO)C=C(C(=NOCc4ccc([N+](=O)[O-])cc4)CC1SC1CCCC1)C32. The fourth-order valence-electron chi connectivity index (χ4n) is 9.67. The molecule has 7 rings (SSSR count). The smallest absolute Gasteiger partial charge is 0.269 e. The predicted molar refractivity (Wildman–Crippen MR) is 231 cm³/mol. The molecule has 3 aromatic rings. The number of nitrogens with zero attached hydrogens (tertiary/aromatic N) is 2. The number of thioether (sulfide) groups is 1.